The first kappa shape index (κ1) is 17.3. The second-order valence-corrected chi connectivity index (χ2v) is 7.03. The highest BCUT2D eigenvalue weighted by Gasteiger charge is 2.17. The monoisotopic (exact) mass is 349 g/mol. The maximum absolute atomic E-state index is 5.45. The Labute approximate surface area is 155 Å². The van der Waals surface area contributed by atoms with Crippen molar-refractivity contribution in [2.45, 2.75) is 25.8 Å². The van der Waals surface area contributed by atoms with Crippen LogP contribution in [0.5, 0.6) is 0 Å². The Hall–Kier alpha value is -2.17. The van der Waals surface area contributed by atoms with Crippen molar-refractivity contribution in [2.24, 2.45) is 0 Å². The lowest BCUT2D eigenvalue weighted by molar-refractivity contribution is 0.0374. The summed E-state index contributed by atoms with van der Waals surface area (Å²) in [6.07, 6.45) is 2.13. The third-order valence-corrected chi connectivity index (χ3v) is 5.32. The molecule has 0 radical (unpaired) electrons. The predicted octanol–water partition coefficient (Wildman–Crippen LogP) is 3.91. The van der Waals surface area contributed by atoms with Crippen molar-refractivity contribution in [1.82, 2.24) is 14.5 Å². The number of imidazole rings is 1. The Morgan fingerprint density at radius 2 is 1.73 bits per heavy atom. The van der Waals surface area contributed by atoms with Crippen LogP contribution >= 0.6 is 0 Å². The number of nitrogens with zero attached hydrogens (tertiary/aromatic N) is 3. The summed E-state index contributed by atoms with van der Waals surface area (Å²) in [5.74, 6) is 1.19. The molecular weight excluding hydrogens is 322 g/mol. The lowest BCUT2D eigenvalue weighted by Gasteiger charge is -2.26. The molecule has 0 aliphatic carbocycles. The average Bonchev–Trinajstić information content (AvgIpc) is 3.07. The number of fused-ring (bicyclic) bond motifs is 1. The first-order valence-electron chi connectivity index (χ1n) is 9.64. The molecule has 4 heteroatoms. The fourth-order valence-electron chi connectivity index (χ4n) is 3.87. The Morgan fingerprint density at radius 3 is 2.54 bits per heavy atom. The average molecular weight is 349 g/mol. The maximum atomic E-state index is 5.45. The molecule has 1 fully saturated rings. The molecule has 26 heavy (non-hydrogen) atoms. The number of para-hydroxylation sites is 2. The van der Waals surface area contributed by atoms with Gasteiger partial charge in [0.25, 0.3) is 0 Å². The highest BCUT2D eigenvalue weighted by molar-refractivity contribution is 5.76. The van der Waals surface area contributed by atoms with Gasteiger partial charge >= 0.3 is 0 Å². The molecule has 1 saturated heterocycles. The number of aromatic nitrogens is 2. The topological polar surface area (TPSA) is 30.3 Å². The van der Waals surface area contributed by atoms with Gasteiger partial charge in [0, 0.05) is 19.5 Å². The quantitative estimate of drug-likeness (QED) is 0.676. The summed E-state index contributed by atoms with van der Waals surface area (Å²) in [4.78, 5) is 7.46. The minimum atomic E-state index is 0.280. The van der Waals surface area contributed by atoms with Crippen molar-refractivity contribution in [3.05, 3.63) is 66.0 Å². The second kappa shape index (κ2) is 8.02. The fourth-order valence-corrected chi connectivity index (χ4v) is 3.87. The van der Waals surface area contributed by atoms with Gasteiger partial charge in [-0.15, -0.1) is 0 Å². The van der Waals surface area contributed by atoms with Crippen LogP contribution in [0.15, 0.2) is 54.6 Å². The highest BCUT2D eigenvalue weighted by atomic mass is 16.5. The van der Waals surface area contributed by atoms with Crippen LogP contribution in [0.25, 0.3) is 11.0 Å². The zero-order chi connectivity index (χ0) is 17.8. The van der Waals surface area contributed by atoms with E-state index in [1.165, 1.54) is 16.9 Å². The number of aryl methyl sites for hydroxylation is 1. The molecular formula is C22H27N3O. The van der Waals surface area contributed by atoms with E-state index in [1.54, 1.807) is 0 Å². The van der Waals surface area contributed by atoms with Crippen molar-refractivity contribution < 1.29 is 4.74 Å². The van der Waals surface area contributed by atoms with Crippen molar-refractivity contribution in [3.8, 4) is 0 Å². The lowest BCUT2D eigenvalue weighted by Crippen LogP contribution is -2.37. The summed E-state index contributed by atoms with van der Waals surface area (Å²) >= 11 is 0. The molecule has 1 aliphatic heterocycles. The number of benzene rings is 2. The van der Waals surface area contributed by atoms with Crippen molar-refractivity contribution in [3.63, 3.8) is 0 Å². The zero-order valence-corrected chi connectivity index (χ0v) is 15.5. The fraction of sp³-hybridized carbons (Fsp3) is 0.409. The second-order valence-electron chi connectivity index (χ2n) is 7.03. The van der Waals surface area contributed by atoms with E-state index in [1.807, 2.05) is 0 Å². The van der Waals surface area contributed by atoms with E-state index >= 15 is 0 Å². The number of ether oxygens (including phenoxy) is 1. The molecule has 2 aromatic carbocycles. The normalized spacial score (nSPS) is 16.8. The van der Waals surface area contributed by atoms with Crippen LogP contribution in [-0.2, 0) is 11.2 Å². The van der Waals surface area contributed by atoms with E-state index in [-0.39, 0.29) is 6.04 Å². The van der Waals surface area contributed by atoms with Crippen LogP contribution < -0.4 is 0 Å². The van der Waals surface area contributed by atoms with Gasteiger partial charge in [-0.2, -0.15) is 0 Å². The standard InChI is InChI=1S/C22H27N3O/c1-18(19-8-3-2-4-9-19)25-21-11-6-5-10-20(21)23-22(25)12-7-13-24-14-16-26-17-15-24/h2-6,8-11,18H,7,12-17H2,1H3. The third-order valence-electron chi connectivity index (χ3n) is 5.32. The van der Waals surface area contributed by atoms with Gasteiger partial charge in [0.15, 0.2) is 0 Å². The highest BCUT2D eigenvalue weighted by Crippen LogP contribution is 2.26. The zero-order valence-electron chi connectivity index (χ0n) is 15.5. The van der Waals surface area contributed by atoms with Crippen LogP contribution in [0.1, 0.15) is 30.8 Å². The summed E-state index contributed by atoms with van der Waals surface area (Å²) in [7, 11) is 0. The molecule has 0 N–H and O–H groups in total. The van der Waals surface area contributed by atoms with Gasteiger partial charge in [0.1, 0.15) is 5.82 Å². The van der Waals surface area contributed by atoms with E-state index in [2.05, 4.69) is 71.0 Å². The Morgan fingerprint density at radius 1 is 1.00 bits per heavy atom. The molecule has 0 amide bonds. The number of rotatable bonds is 6. The predicted molar refractivity (Wildman–Crippen MR) is 106 cm³/mol. The molecule has 3 aromatic rings. The van der Waals surface area contributed by atoms with E-state index in [4.69, 9.17) is 9.72 Å². The van der Waals surface area contributed by atoms with Crippen LogP contribution in [0.4, 0.5) is 0 Å². The number of morpholine rings is 1. The largest absolute Gasteiger partial charge is 0.379 e. The van der Waals surface area contributed by atoms with E-state index in [9.17, 15) is 0 Å². The summed E-state index contributed by atoms with van der Waals surface area (Å²) in [6, 6.07) is 19.5. The summed E-state index contributed by atoms with van der Waals surface area (Å²) in [5, 5.41) is 0. The first-order valence-corrected chi connectivity index (χ1v) is 9.64. The van der Waals surface area contributed by atoms with Gasteiger partial charge in [-0.3, -0.25) is 4.90 Å². The molecule has 1 aliphatic rings. The summed E-state index contributed by atoms with van der Waals surface area (Å²) < 4.78 is 7.87. The van der Waals surface area contributed by atoms with E-state index < -0.39 is 0 Å². The Bertz CT molecular complexity index is 837. The third kappa shape index (κ3) is 3.67. The Balaban J connectivity index is 1.57. The summed E-state index contributed by atoms with van der Waals surface area (Å²) in [5.41, 5.74) is 3.65. The van der Waals surface area contributed by atoms with Crippen molar-refractivity contribution >= 4 is 11.0 Å². The van der Waals surface area contributed by atoms with E-state index in [0.717, 1.165) is 51.2 Å². The number of hydrogen-bond acceptors (Lipinski definition) is 3. The molecule has 2 heterocycles. The minimum Gasteiger partial charge on any atom is -0.379 e. The van der Waals surface area contributed by atoms with Gasteiger partial charge in [-0.05, 0) is 37.6 Å². The van der Waals surface area contributed by atoms with Gasteiger partial charge in [0.2, 0.25) is 0 Å². The summed E-state index contributed by atoms with van der Waals surface area (Å²) in [6.45, 7) is 7.22. The van der Waals surface area contributed by atoms with Crippen LogP contribution in [-0.4, -0.2) is 47.3 Å². The first-order chi connectivity index (χ1) is 12.8. The van der Waals surface area contributed by atoms with Gasteiger partial charge in [0.05, 0.1) is 30.3 Å². The molecule has 4 nitrogen and oxygen atoms in total. The molecule has 136 valence electrons. The molecule has 1 atom stereocenters. The molecule has 1 aromatic heterocycles. The van der Waals surface area contributed by atoms with Gasteiger partial charge in [-0.25, -0.2) is 4.98 Å². The maximum Gasteiger partial charge on any atom is 0.110 e. The van der Waals surface area contributed by atoms with Crippen LogP contribution in [0.3, 0.4) is 0 Å². The smallest absolute Gasteiger partial charge is 0.110 e. The minimum absolute atomic E-state index is 0.280. The van der Waals surface area contributed by atoms with Crippen LogP contribution in [0, 0.1) is 0 Å². The SMILES string of the molecule is CC(c1ccccc1)n1c(CCCN2CCOCC2)nc2ccccc21. The molecule has 4 rings (SSSR count). The molecule has 0 spiro atoms. The van der Waals surface area contributed by atoms with Crippen molar-refractivity contribution in [1.29, 1.82) is 0 Å². The lowest BCUT2D eigenvalue weighted by atomic mass is 10.1. The van der Waals surface area contributed by atoms with Gasteiger partial charge in [-0.1, -0.05) is 42.5 Å². The molecule has 0 saturated carbocycles. The molecule has 1 unspecified atom stereocenters. The van der Waals surface area contributed by atoms with Gasteiger partial charge < -0.3 is 9.30 Å². The Kier molecular flexibility index (Phi) is 5.32. The molecule has 0 bridgehead atoms. The van der Waals surface area contributed by atoms with E-state index in [0.29, 0.717) is 0 Å². The van der Waals surface area contributed by atoms with Crippen LogP contribution in [0.2, 0.25) is 0 Å². The van der Waals surface area contributed by atoms with Crippen molar-refractivity contribution in [2.75, 3.05) is 32.8 Å². The number of hydrogen-bond donors (Lipinski definition) is 0.